The zero-order valence-electron chi connectivity index (χ0n) is 11.6. The zero-order valence-corrected chi connectivity index (χ0v) is 12.4. The first-order chi connectivity index (χ1) is 10.0. The van der Waals surface area contributed by atoms with Gasteiger partial charge in [0.05, 0.1) is 11.0 Å². The van der Waals surface area contributed by atoms with Crippen molar-refractivity contribution in [1.82, 2.24) is 9.55 Å². The van der Waals surface area contributed by atoms with Crippen LogP contribution < -0.4 is 5.73 Å². The van der Waals surface area contributed by atoms with Crippen molar-refractivity contribution in [2.24, 2.45) is 0 Å². The van der Waals surface area contributed by atoms with Gasteiger partial charge in [-0.3, -0.25) is 0 Å². The number of nitrogens with two attached hydrogens (primary N) is 1. The molecule has 0 aliphatic rings. The van der Waals surface area contributed by atoms with Crippen molar-refractivity contribution < 1.29 is 5.11 Å². The molecule has 0 saturated heterocycles. The maximum absolute atomic E-state index is 9.96. The van der Waals surface area contributed by atoms with Crippen LogP contribution >= 0.6 is 11.6 Å². The van der Waals surface area contributed by atoms with Gasteiger partial charge in [-0.05, 0) is 42.8 Å². The number of imidazole rings is 1. The average molecular weight is 302 g/mol. The Labute approximate surface area is 127 Å². The molecule has 1 unspecified atom stereocenters. The second kappa shape index (κ2) is 5.39. The predicted molar refractivity (Wildman–Crippen MR) is 85.3 cm³/mol. The third kappa shape index (κ3) is 2.73. The van der Waals surface area contributed by atoms with E-state index in [1.54, 1.807) is 6.92 Å². The highest BCUT2D eigenvalue weighted by Crippen LogP contribution is 2.24. The van der Waals surface area contributed by atoms with Gasteiger partial charge < -0.3 is 15.4 Å². The van der Waals surface area contributed by atoms with E-state index in [0.717, 1.165) is 16.6 Å². The summed E-state index contributed by atoms with van der Waals surface area (Å²) in [5.74, 6) is 0.630. The van der Waals surface area contributed by atoms with Crippen LogP contribution in [0.2, 0.25) is 5.02 Å². The summed E-state index contributed by atoms with van der Waals surface area (Å²) in [7, 11) is 0. The van der Waals surface area contributed by atoms with Crippen LogP contribution in [0.5, 0.6) is 0 Å². The molecule has 0 saturated carbocycles. The lowest BCUT2D eigenvalue weighted by Crippen LogP contribution is -2.07. The Morgan fingerprint density at radius 3 is 2.62 bits per heavy atom. The molecule has 2 aromatic carbocycles. The van der Waals surface area contributed by atoms with Gasteiger partial charge in [0.15, 0.2) is 0 Å². The Morgan fingerprint density at radius 2 is 1.95 bits per heavy atom. The number of halogens is 1. The first kappa shape index (κ1) is 13.9. The van der Waals surface area contributed by atoms with Gasteiger partial charge in [0.1, 0.15) is 11.9 Å². The second-order valence-corrected chi connectivity index (χ2v) is 5.54. The molecule has 0 amide bonds. The van der Waals surface area contributed by atoms with Gasteiger partial charge in [0.2, 0.25) is 0 Å². The van der Waals surface area contributed by atoms with Gasteiger partial charge in [-0.2, -0.15) is 0 Å². The summed E-state index contributed by atoms with van der Waals surface area (Å²) >= 11 is 5.91. The molecular formula is C16H16ClN3O. The highest BCUT2D eigenvalue weighted by atomic mass is 35.5. The molecule has 5 heteroatoms. The first-order valence-corrected chi connectivity index (χ1v) is 7.10. The number of rotatable bonds is 3. The third-order valence-corrected chi connectivity index (χ3v) is 3.68. The van der Waals surface area contributed by atoms with E-state index in [4.69, 9.17) is 17.3 Å². The van der Waals surface area contributed by atoms with Gasteiger partial charge in [0.25, 0.3) is 0 Å². The molecule has 0 radical (unpaired) electrons. The lowest BCUT2D eigenvalue weighted by Gasteiger charge is -2.11. The maximum Gasteiger partial charge on any atom is 0.138 e. The molecule has 1 heterocycles. The second-order valence-electron chi connectivity index (χ2n) is 5.11. The SMILES string of the molecule is CC(O)c1nc2cc(N)ccc2n1Cc1ccc(Cl)cc1. The lowest BCUT2D eigenvalue weighted by atomic mass is 10.2. The quantitative estimate of drug-likeness (QED) is 0.729. The smallest absolute Gasteiger partial charge is 0.138 e. The summed E-state index contributed by atoms with van der Waals surface area (Å²) in [5.41, 5.74) is 9.31. The summed E-state index contributed by atoms with van der Waals surface area (Å²) in [4.78, 5) is 4.49. The number of aliphatic hydroxyl groups is 1. The molecule has 3 rings (SSSR count). The minimum Gasteiger partial charge on any atom is -0.399 e. The summed E-state index contributed by atoms with van der Waals surface area (Å²) in [6.07, 6.45) is -0.647. The van der Waals surface area contributed by atoms with E-state index in [9.17, 15) is 5.11 Å². The molecule has 4 nitrogen and oxygen atoms in total. The van der Waals surface area contributed by atoms with E-state index in [1.165, 1.54) is 0 Å². The van der Waals surface area contributed by atoms with E-state index in [0.29, 0.717) is 23.1 Å². The van der Waals surface area contributed by atoms with Crippen molar-refractivity contribution in [3.8, 4) is 0 Å². The standard InChI is InChI=1S/C16H16ClN3O/c1-10(21)16-19-14-8-13(18)6-7-15(14)20(16)9-11-2-4-12(17)5-3-11/h2-8,10,21H,9,18H2,1H3. The zero-order chi connectivity index (χ0) is 15.0. The van der Waals surface area contributed by atoms with Gasteiger partial charge in [-0.25, -0.2) is 4.98 Å². The van der Waals surface area contributed by atoms with E-state index in [1.807, 2.05) is 47.0 Å². The number of benzene rings is 2. The van der Waals surface area contributed by atoms with Crippen molar-refractivity contribution in [2.45, 2.75) is 19.6 Å². The number of aliphatic hydroxyl groups excluding tert-OH is 1. The number of hydrogen-bond acceptors (Lipinski definition) is 3. The van der Waals surface area contributed by atoms with Crippen LogP contribution in [0.15, 0.2) is 42.5 Å². The van der Waals surface area contributed by atoms with Crippen LogP contribution in [0.1, 0.15) is 24.4 Å². The molecule has 0 spiro atoms. The van der Waals surface area contributed by atoms with Crippen LogP contribution in [0, 0.1) is 0 Å². The average Bonchev–Trinajstić information content (AvgIpc) is 2.79. The van der Waals surface area contributed by atoms with Crippen molar-refractivity contribution in [2.75, 3.05) is 5.73 Å². The van der Waals surface area contributed by atoms with Crippen molar-refractivity contribution >= 4 is 28.3 Å². The molecule has 0 bridgehead atoms. The fourth-order valence-electron chi connectivity index (χ4n) is 2.42. The van der Waals surface area contributed by atoms with Crippen LogP contribution in [-0.4, -0.2) is 14.7 Å². The Hall–Kier alpha value is -2.04. The molecular weight excluding hydrogens is 286 g/mol. The number of aromatic nitrogens is 2. The predicted octanol–water partition coefficient (Wildman–Crippen LogP) is 3.37. The minimum atomic E-state index is -0.647. The summed E-state index contributed by atoms with van der Waals surface area (Å²) in [6.45, 7) is 2.33. The highest BCUT2D eigenvalue weighted by molar-refractivity contribution is 6.30. The van der Waals surface area contributed by atoms with E-state index in [2.05, 4.69) is 4.98 Å². The number of nitrogen functional groups attached to an aromatic ring is 1. The Kier molecular flexibility index (Phi) is 3.57. The van der Waals surface area contributed by atoms with Crippen LogP contribution in [0.25, 0.3) is 11.0 Å². The molecule has 3 N–H and O–H groups in total. The van der Waals surface area contributed by atoms with Crippen molar-refractivity contribution in [3.63, 3.8) is 0 Å². The van der Waals surface area contributed by atoms with Crippen molar-refractivity contribution in [3.05, 3.63) is 58.9 Å². The molecule has 0 fully saturated rings. The van der Waals surface area contributed by atoms with E-state index < -0.39 is 6.10 Å². The number of anilines is 1. The number of hydrogen-bond donors (Lipinski definition) is 2. The summed E-state index contributed by atoms with van der Waals surface area (Å²) in [5, 5.41) is 10.7. The monoisotopic (exact) mass is 301 g/mol. The van der Waals surface area contributed by atoms with Gasteiger partial charge >= 0.3 is 0 Å². The molecule has 21 heavy (non-hydrogen) atoms. The fraction of sp³-hybridized carbons (Fsp3) is 0.188. The summed E-state index contributed by atoms with van der Waals surface area (Å²) < 4.78 is 2.00. The fourth-order valence-corrected chi connectivity index (χ4v) is 2.55. The highest BCUT2D eigenvalue weighted by Gasteiger charge is 2.15. The van der Waals surface area contributed by atoms with Crippen LogP contribution in [0.3, 0.4) is 0 Å². The van der Waals surface area contributed by atoms with Crippen molar-refractivity contribution in [1.29, 1.82) is 0 Å². The maximum atomic E-state index is 9.96. The molecule has 3 aromatic rings. The normalized spacial score (nSPS) is 12.7. The van der Waals surface area contributed by atoms with Gasteiger partial charge in [0, 0.05) is 17.3 Å². The lowest BCUT2D eigenvalue weighted by molar-refractivity contribution is 0.185. The Morgan fingerprint density at radius 1 is 1.24 bits per heavy atom. The van der Waals surface area contributed by atoms with Crippen LogP contribution in [-0.2, 0) is 6.54 Å². The first-order valence-electron chi connectivity index (χ1n) is 6.73. The largest absolute Gasteiger partial charge is 0.399 e. The minimum absolute atomic E-state index is 0.623. The summed E-state index contributed by atoms with van der Waals surface area (Å²) in [6, 6.07) is 13.2. The van der Waals surface area contributed by atoms with Gasteiger partial charge in [-0.1, -0.05) is 23.7 Å². The van der Waals surface area contributed by atoms with E-state index in [-0.39, 0.29) is 0 Å². The molecule has 108 valence electrons. The third-order valence-electron chi connectivity index (χ3n) is 3.43. The van der Waals surface area contributed by atoms with E-state index >= 15 is 0 Å². The molecule has 0 aliphatic heterocycles. The molecule has 1 aromatic heterocycles. The van der Waals surface area contributed by atoms with Gasteiger partial charge in [-0.15, -0.1) is 0 Å². The Bertz CT molecular complexity index is 778. The molecule has 1 atom stereocenters. The Balaban J connectivity index is 2.10. The molecule has 0 aliphatic carbocycles. The number of nitrogens with zero attached hydrogens (tertiary/aromatic N) is 2. The number of fused-ring (bicyclic) bond motifs is 1. The van der Waals surface area contributed by atoms with Crippen LogP contribution in [0.4, 0.5) is 5.69 Å². The topological polar surface area (TPSA) is 64.1 Å².